The summed E-state index contributed by atoms with van der Waals surface area (Å²) < 4.78 is 43.2. The Morgan fingerprint density at radius 1 is 1.13 bits per heavy atom. The quantitative estimate of drug-likeness (QED) is 0.573. The second-order valence-electron chi connectivity index (χ2n) is 7.12. The van der Waals surface area contributed by atoms with Gasteiger partial charge in [-0.3, -0.25) is 4.98 Å². The number of nitrogens with zero attached hydrogens (tertiary/aromatic N) is 3. The number of aromatic nitrogens is 2. The minimum Gasteiger partial charge on any atom is -0.486 e. The monoisotopic (exact) mass is 429 g/mol. The third-order valence-electron chi connectivity index (χ3n) is 5.01. The zero-order valence-corrected chi connectivity index (χ0v) is 17.1. The molecule has 0 spiro atoms. The first-order valence-electron chi connectivity index (χ1n) is 9.79. The summed E-state index contributed by atoms with van der Waals surface area (Å²) in [6.45, 7) is 4.27. The van der Waals surface area contributed by atoms with Gasteiger partial charge in [0.25, 0.3) is 0 Å². The number of carbonyl (C=O) groups excluding carboxylic acids is 1. The second-order valence-corrected chi connectivity index (χ2v) is 7.12. The number of esters is 1. The van der Waals surface area contributed by atoms with Gasteiger partial charge in [0, 0.05) is 36.9 Å². The topological polar surface area (TPSA) is 73.8 Å². The molecule has 9 heteroatoms. The van der Waals surface area contributed by atoms with Crippen LogP contribution in [0.2, 0.25) is 0 Å². The third-order valence-corrected chi connectivity index (χ3v) is 5.01. The van der Waals surface area contributed by atoms with Crippen molar-refractivity contribution >= 4 is 22.8 Å². The lowest BCUT2D eigenvalue weighted by Gasteiger charge is -2.28. The molecule has 1 atom stereocenters. The third kappa shape index (κ3) is 4.56. The summed E-state index contributed by atoms with van der Waals surface area (Å²) in [7, 11) is 1.29. The van der Waals surface area contributed by atoms with Crippen molar-refractivity contribution in [3.05, 3.63) is 59.3 Å². The van der Waals surface area contributed by atoms with Gasteiger partial charge in [0.15, 0.2) is 0 Å². The van der Waals surface area contributed by atoms with Crippen LogP contribution >= 0.6 is 0 Å². The van der Waals surface area contributed by atoms with Crippen LogP contribution in [0.25, 0.3) is 11.0 Å². The Labute approximate surface area is 177 Å². The van der Waals surface area contributed by atoms with E-state index >= 15 is 0 Å². The number of halogens is 2. The Hall–Kier alpha value is -3.33. The molecular weight excluding hydrogens is 408 g/mol. The van der Waals surface area contributed by atoms with E-state index in [0.29, 0.717) is 48.7 Å². The molecule has 4 rings (SSSR count). The van der Waals surface area contributed by atoms with E-state index in [2.05, 4.69) is 9.88 Å². The zero-order valence-electron chi connectivity index (χ0n) is 17.1. The van der Waals surface area contributed by atoms with Gasteiger partial charge in [-0.25, -0.2) is 18.6 Å². The summed E-state index contributed by atoms with van der Waals surface area (Å²) in [5.41, 5.74) is 1.83. The van der Waals surface area contributed by atoms with Crippen LogP contribution in [0.1, 0.15) is 28.9 Å². The molecule has 31 heavy (non-hydrogen) atoms. The molecule has 7 nitrogen and oxygen atoms in total. The molecule has 1 saturated heterocycles. The van der Waals surface area contributed by atoms with Gasteiger partial charge in [-0.15, -0.1) is 0 Å². The normalized spacial score (nSPS) is 15.0. The summed E-state index contributed by atoms with van der Waals surface area (Å²) in [6, 6.07) is 6.15. The predicted molar refractivity (Wildman–Crippen MR) is 109 cm³/mol. The number of anilines is 1. The number of morpholine rings is 1. The molecule has 2 heterocycles. The maximum absolute atomic E-state index is 13.6. The zero-order chi connectivity index (χ0) is 22.0. The Kier molecular flexibility index (Phi) is 5.94. The first kappa shape index (κ1) is 20.9. The number of methoxy groups -OCH3 is 1. The number of fused-ring (bicyclic) bond motifs is 1. The number of carbonyl (C=O) groups is 1. The number of rotatable bonds is 5. The average Bonchev–Trinajstić information content (AvgIpc) is 2.77. The van der Waals surface area contributed by atoms with Crippen LogP contribution in [0, 0.1) is 11.6 Å². The number of ether oxygens (including phenoxy) is 3. The van der Waals surface area contributed by atoms with Crippen LogP contribution in [0.5, 0.6) is 5.75 Å². The van der Waals surface area contributed by atoms with Crippen LogP contribution in [-0.2, 0) is 9.47 Å². The molecule has 2 aromatic carbocycles. The summed E-state index contributed by atoms with van der Waals surface area (Å²) >= 11 is 0. The van der Waals surface area contributed by atoms with Gasteiger partial charge < -0.3 is 19.1 Å². The highest BCUT2D eigenvalue weighted by Gasteiger charge is 2.21. The van der Waals surface area contributed by atoms with Gasteiger partial charge >= 0.3 is 5.97 Å². The van der Waals surface area contributed by atoms with Gasteiger partial charge in [-0.2, -0.15) is 0 Å². The van der Waals surface area contributed by atoms with Gasteiger partial charge in [0.1, 0.15) is 29.3 Å². The molecule has 3 aromatic rings. The van der Waals surface area contributed by atoms with Crippen LogP contribution < -0.4 is 9.64 Å². The largest absolute Gasteiger partial charge is 0.486 e. The molecule has 1 aliphatic heterocycles. The van der Waals surface area contributed by atoms with Crippen LogP contribution in [0.4, 0.5) is 14.6 Å². The number of benzene rings is 2. The maximum atomic E-state index is 13.6. The van der Waals surface area contributed by atoms with Crippen molar-refractivity contribution in [2.75, 3.05) is 38.3 Å². The van der Waals surface area contributed by atoms with Crippen molar-refractivity contribution in [2.24, 2.45) is 0 Å². The van der Waals surface area contributed by atoms with E-state index in [1.807, 2.05) is 0 Å². The van der Waals surface area contributed by atoms with Crippen molar-refractivity contribution < 1.29 is 27.8 Å². The summed E-state index contributed by atoms with van der Waals surface area (Å²) in [5.74, 6) is -1.33. The van der Waals surface area contributed by atoms with Gasteiger partial charge in [-0.1, -0.05) is 0 Å². The van der Waals surface area contributed by atoms with E-state index in [-0.39, 0.29) is 11.3 Å². The molecule has 0 saturated carbocycles. The molecule has 0 aliphatic carbocycles. The lowest BCUT2D eigenvalue weighted by molar-refractivity contribution is 0.0600. The van der Waals surface area contributed by atoms with Crippen LogP contribution in [0.3, 0.4) is 0 Å². The van der Waals surface area contributed by atoms with Gasteiger partial charge in [0.05, 0.1) is 43.1 Å². The van der Waals surface area contributed by atoms with Crippen molar-refractivity contribution in [3.63, 3.8) is 0 Å². The fraction of sp³-hybridized carbons (Fsp3) is 0.318. The fourth-order valence-corrected chi connectivity index (χ4v) is 3.49. The van der Waals surface area contributed by atoms with Crippen molar-refractivity contribution in [1.29, 1.82) is 0 Å². The molecule has 1 aliphatic rings. The molecule has 1 aromatic heterocycles. The SMILES string of the molecule is COC(=O)c1cc(C(C)Oc2cc(F)cc(F)c2)c2nc(N3CCOCC3)cnc2c1. The van der Waals surface area contributed by atoms with Crippen LogP contribution in [-0.4, -0.2) is 49.4 Å². The molecule has 1 fully saturated rings. The van der Waals surface area contributed by atoms with E-state index in [0.717, 1.165) is 18.2 Å². The Morgan fingerprint density at radius 3 is 2.52 bits per heavy atom. The van der Waals surface area contributed by atoms with Gasteiger partial charge in [-0.05, 0) is 19.1 Å². The predicted octanol–water partition coefficient (Wildman–Crippen LogP) is 3.67. The molecule has 0 radical (unpaired) electrons. The lowest BCUT2D eigenvalue weighted by atomic mass is 10.0. The van der Waals surface area contributed by atoms with Crippen molar-refractivity contribution in [2.45, 2.75) is 13.0 Å². The minimum absolute atomic E-state index is 0.0268. The summed E-state index contributed by atoms with van der Waals surface area (Å²) in [6.07, 6.45) is 0.967. The highest BCUT2D eigenvalue weighted by Crippen LogP contribution is 2.30. The van der Waals surface area contributed by atoms with Crippen molar-refractivity contribution in [1.82, 2.24) is 9.97 Å². The molecule has 0 bridgehead atoms. The summed E-state index contributed by atoms with van der Waals surface area (Å²) in [4.78, 5) is 23.5. The van der Waals surface area contributed by atoms with Gasteiger partial charge in [0.2, 0.25) is 0 Å². The molecule has 0 amide bonds. The molecule has 0 N–H and O–H groups in total. The first-order valence-corrected chi connectivity index (χ1v) is 9.79. The number of hydrogen-bond donors (Lipinski definition) is 0. The van der Waals surface area contributed by atoms with E-state index in [4.69, 9.17) is 19.2 Å². The minimum atomic E-state index is -0.746. The Balaban J connectivity index is 1.77. The van der Waals surface area contributed by atoms with E-state index in [1.165, 1.54) is 7.11 Å². The molecule has 1 unspecified atom stereocenters. The fourth-order valence-electron chi connectivity index (χ4n) is 3.49. The van der Waals surface area contributed by atoms with Crippen LogP contribution in [0.15, 0.2) is 36.5 Å². The lowest BCUT2D eigenvalue weighted by Crippen LogP contribution is -2.36. The Morgan fingerprint density at radius 2 is 1.84 bits per heavy atom. The highest BCUT2D eigenvalue weighted by molar-refractivity contribution is 5.95. The molecular formula is C22H21F2N3O4. The Bertz CT molecular complexity index is 1100. The maximum Gasteiger partial charge on any atom is 0.337 e. The highest BCUT2D eigenvalue weighted by atomic mass is 19.1. The second kappa shape index (κ2) is 8.81. The van der Waals surface area contributed by atoms with Crippen molar-refractivity contribution in [3.8, 4) is 5.75 Å². The van der Waals surface area contributed by atoms with E-state index in [1.54, 1.807) is 25.3 Å². The first-order chi connectivity index (χ1) is 14.9. The number of hydrogen-bond acceptors (Lipinski definition) is 7. The van der Waals surface area contributed by atoms with E-state index in [9.17, 15) is 13.6 Å². The van der Waals surface area contributed by atoms with E-state index < -0.39 is 23.7 Å². The molecule has 162 valence electrons. The smallest absolute Gasteiger partial charge is 0.337 e. The summed E-state index contributed by atoms with van der Waals surface area (Å²) in [5, 5.41) is 0. The standard InChI is InChI=1S/C22H21F2N3O4/c1-13(31-17-10-15(23)9-16(24)11-17)18-7-14(22(28)29-2)8-19-21(18)26-20(12-25-19)27-3-5-30-6-4-27/h7-13H,3-6H2,1-2H3. The average molecular weight is 429 g/mol.